The molecule has 1 heterocycles. The van der Waals surface area contributed by atoms with E-state index in [0.717, 1.165) is 5.56 Å². The lowest BCUT2D eigenvalue weighted by Crippen LogP contribution is -2.22. The number of hydrogen-bond acceptors (Lipinski definition) is 4. The summed E-state index contributed by atoms with van der Waals surface area (Å²) in [5.41, 5.74) is 2.30. The van der Waals surface area contributed by atoms with Crippen molar-refractivity contribution in [3.63, 3.8) is 0 Å². The highest BCUT2D eigenvalue weighted by atomic mass is 32.2. The molecule has 1 aliphatic heterocycles. The highest BCUT2D eigenvalue weighted by molar-refractivity contribution is 7.91. The lowest BCUT2D eigenvalue weighted by molar-refractivity contribution is 0.213. The molecule has 16 heavy (non-hydrogen) atoms. The standard InChI is InChI=1S/C11H13NO3S/c1-8-3-4-9-10(12-15-2)5-6-16(13,14)11(9)7-8/h3-4,7H,5-6H2,1-2H3/b12-10-. The third kappa shape index (κ3) is 1.82. The van der Waals surface area contributed by atoms with Gasteiger partial charge in [-0.05, 0) is 18.6 Å². The van der Waals surface area contributed by atoms with Gasteiger partial charge in [0.1, 0.15) is 7.11 Å². The van der Waals surface area contributed by atoms with Crippen LogP contribution in [0.3, 0.4) is 0 Å². The van der Waals surface area contributed by atoms with Crippen LogP contribution in [-0.2, 0) is 14.7 Å². The quantitative estimate of drug-likeness (QED) is 0.698. The summed E-state index contributed by atoms with van der Waals surface area (Å²) in [6, 6.07) is 5.36. The summed E-state index contributed by atoms with van der Waals surface area (Å²) in [4.78, 5) is 5.10. The first kappa shape index (κ1) is 11.1. The van der Waals surface area contributed by atoms with Crippen LogP contribution in [-0.4, -0.2) is 27.0 Å². The smallest absolute Gasteiger partial charge is 0.179 e. The first-order valence-electron chi connectivity index (χ1n) is 4.98. The molecule has 0 bridgehead atoms. The fourth-order valence-electron chi connectivity index (χ4n) is 1.81. The lowest BCUT2D eigenvalue weighted by Gasteiger charge is -2.17. The van der Waals surface area contributed by atoms with Crippen LogP contribution in [0.15, 0.2) is 28.3 Å². The summed E-state index contributed by atoms with van der Waals surface area (Å²) in [6.45, 7) is 1.87. The molecule has 1 aliphatic rings. The molecule has 2 rings (SSSR count). The van der Waals surface area contributed by atoms with Crippen LogP contribution in [0.2, 0.25) is 0 Å². The first-order chi connectivity index (χ1) is 7.54. The highest BCUT2D eigenvalue weighted by Crippen LogP contribution is 2.26. The van der Waals surface area contributed by atoms with Crippen LogP contribution >= 0.6 is 0 Å². The summed E-state index contributed by atoms with van der Waals surface area (Å²) in [7, 11) is -1.69. The fourth-order valence-corrected chi connectivity index (χ4v) is 3.37. The number of fused-ring (bicyclic) bond motifs is 1. The molecular formula is C11H13NO3S. The zero-order valence-corrected chi connectivity index (χ0v) is 10.0. The summed E-state index contributed by atoms with van der Waals surface area (Å²) in [5.74, 6) is 0.103. The molecule has 86 valence electrons. The fraction of sp³-hybridized carbons (Fsp3) is 0.364. The van der Waals surface area contributed by atoms with Gasteiger partial charge in [0.05, 0.1) is 16.4 Å². The van der Waals surface area contributed by atoms with Gasteiger partial charge in [-0.1, -0.05) is 17.3 Å². The molecule has 1 aromatic carbocycles. The average molecular weight is 239 g/mol. The van der Waals surface area contributed by atoms with Gasteiger partial charge in [-0.2, -0.15) is 0 Å². The Bertz CT molecular complexity index is 546. The molecule has 1 aromatic rings. The van der Waals surface area contributed by atoms with Crippen molar-refractivity contribution in [3.05, 3.63) is 29.3 Å². The van der Waals surface area contributed by atoms with E-state index in [-0.39, 0.29) is 5.75 Å². The number of rotatable bonds is 1. The zero-order valence-electron chi connectivity index (χ0n) is 9.23. The van der Waals surface area contributed by atoms with Crippen molar-refractivity contribution in [3.8, 4) is 0 Å². The Morgan fingerprint density at radius 1 is 1.38 bits per heavy atom. The number of oxime groups is 1. The van der Waals surface area contributed by atoms with Gasteiger partial charge in [-0.25, -0.2) is 8.42 Å². The van der Waals surface area contributed by atoms with Crippen LogP contribution in [0.1, 0.15) is 17.5 Å². The van der Waals surface area contributed by atoms with E-state index in [2.05, 4.69) is 5.16 Å². The van der Waals surface area contributed by atoms with Gasteiger partial charge >= 0.3 is 0 Å². The van der Waals surface area contributed by atoms with E-state index in [1.165, 1.54) is 7.11 Å². The molecule has 0 spiro atoms. The Hall–Kier alpha value is -1.36. The average Bonchev–Trinajstić information content (AvgIpc) is 2.23. The third-order valence-corrected chi connectivity index (χ3v) is 4.34. The normalized spacial score (nSPS) is 20.5. The molecule has 4 nitrogen and oxygen atoms in total. The summed E-state index contributed by atoms with van der Waals surface area (Å²) in [6.07, 6.45) is 0.409. The van der Waals surface area contributed by atoms with E-state index in [9.17, 15) is 8.42 Å². The van der Waals surface area contributed by atoms with Gasteiger partial charge in [-0.15, -0.1) is 0 Å². The van der Waals surface area contributed by atoms with Crippen LogP contribution in [0.4, 0.5) is 0 Å². The number of aryl methyl sites for hydroxylation is 1. The molecule has 0 aliphatic carbocycles. The monoisotopic (exact) mass is 239 g/mol. The molecule has 0 radical (unpaired) electrons. The van der Waals surface area contributed by atoms with E-state index in [1.54, 1.807) is 12.1 Å². The van der Waals surface area contributed by atoms with E-state index < -0.39 is 9.84 Å². The molecular weight excluding hydrogens is 226 g/mol. The second-order valence-electron chi connectivity index (χ2n) is 3.79. The molecule has 0 saturated carbocycles. The van der Waals surface area contributed by atoms with Crippen LogP contribution in [0.5, 0.6) is 0 Å². The molecule has 0 atom stereocenters. The highest BCUT2D eigenvalue weighted by Gasteiger charge is 2.27. The third-order valence-electron chi connectivity index (χ3n) is 2.59. The Morgan fingerprint density at radius 2 is 2.12 bits per heavy atom. The summed E-state index contributed by atoms with van der Waals surface area (Å²) < 4.78 is 23.8. The van der Waals surface area contributed by atoms with Gasteiger partial charge in [-0.3, -0.25) is 0 Å². The van der Waals surface area contributed by atoms with Gasteiger partial charge in [0, 0.05) is 12.0 Å². The minimum atomic E-state index is -3.15. The largest absolute Gasteiger partial charge is 0.399 e. The van der Waals surface area contributed by atoms with Gasteiger partial charge in [0.15, 0.2) is 9.84 Å². The maximum absolute atomic E-state index is 11.9. The number of sulfone groups is 1. The van der Waals surface area contributed by atoms with Gasteiger partial charge in [0.2, 0.25) is 0 Å². The molecule has 5 heteroatoms. The SMILES string of the molecule is CO/N=C1/CCS(=O)(=O)c2cc(C)ccc21. The van der Waals surface area contributed by atoms with Crippen molar-refractivity contribution in [2.45, 2.75) is 18.2 Å². The first-order valence-corrected chi connectivity index (χ1v) is 6.63. The topological polar surface area (TPSA) is 55.7 Å². The van der Waals surface area contributed by atoms with Crippen LogP contribution < -0.4 is 0 Å². The maximum Gasteiger partial charge on any atom is 0.179 e. The van der Waals surface area contributed by atoms with E-state index >= 15 is 0 Å². The van der Waals surface area contributed by atoms with E-state index in [1.807, 2.05) is 13.0 Å². The van der Waals surface area contributed by atoms with Gasteiger partial charge < -0.3 is 4.84 Å². The Kier molecular flexibility index (Phi) is 2.71. The second-order valence-corrected chi connectivity index (χ2v) is 5.87. The zero-order chi connectivity index (χ0) is 11.8. The number of nitrogens with zero attached hydrogens (tertiary/aromatic N) is 1. The Balaban J connectivity index is 2.67. The van der Waals surface area contributed by atoms with Crippen molar-refractivity contribution in [2.24, 2.45) is 5.16 Å². The Labute approximate surface area is 94.8 Å². The van der Waals surface area contributed by atoms with Crippen molar-refractivity contribution < 1.29 is 13.3 Å². The summed E-state index contributed by atoms with van der Waals surface area (Å²) >= 11 is 0. The maximum atomic E-state index is 11.9. The van der Waals surface area contributed by atoms with Crippen molar-refractivity contribution in [1.82, 2.24) is 0 Å². The van der Waals surface area contributed by atoms with Crippen LogP contribution in [0, 0.1) is 6.92 Å². The summed E-state index contributed by atoms with van der Waals surface area (Å²) in [5, 5.41) is 3.87. The molecule has 0 amide bonds. The number of hydrogen-bond donors (Lipinski definition) is 0. The molecule has 0 fully saturated rings. The second kappa shape index (κ2) is 3.90. The predicted molar refractivity (Wildman–Crippen MR) is 61.4 cm³/mol. The predicted octanol–water partition coefficient (Wildman–Crippen LogP) is 1.52. The van der Waals surface area contributed by atoms with Crippen molar-refractivity contribution in [2.75, 3.05) is 12.9 Å². The minimum Gasteiger partial charge on any atom is -0.399 e. The van der Waals surface area contributed by atoms with Crippen LogP contribution in [0.25, 0.3) is 0 Å². The molecule has 0 unspecified atom stereocenters. The van der Waals surface area contributed by atoms with Crippen molar-refractivity contribution >= 4 is 15.5 Å². The molecule has 0 N–H and O–H groups in total. The molecule has 0 aromatic heterocycles. The Morgan fingerprint density at radius 3 is 2.81 bits per heavy atom. The van der Waals surface area contributed by atoms with Crippen molar-refractivity contribution in [1.29, 1.82) is 0 Å². The number of benzene rings is 1. The lowest BCUT2D eigenvalue weighted by atomic mass is 10.1. The molecule has 0 saturated heterocycles. The van der Waals surface area contributed by atoms with E-state index in [0.29, 0.717) is 22.6 Å². The van der Waals surface area contributed by atoms with Gasteiger partial charge in [0.25, 0.3) is 0 Å². The van der Waals surface area contributed by atoms with E-state index in [4.69, 9.17) is 4.84 Å². The minimum absolute atomic E-state index is 0.103.